The first kappa shape index (κ1) is 8.53. The van der Waals surface area contributed by atoms with Gasteiger partial charge in [0.15, 0.2) is 0 Å². The molecular weight excluding hydrogens is 206 g/mol. The van der Waals surface area contributed by atoms with Gasteiger partial charge in [-0.15, -0.1) is 0 Å². The number of rotatable bonds is 2. The zero-order valence-electron chi connectivity index (χ0n) is 6.61. The van der Waals surface area contributed by atoms with Crippen molar-refractivity contribution in [1.82, 2.24) is 4.98 Å². The Morgan fingerprint density at radius 1 is 1.31 bits per heavy atom. The number of nitrogens with zero attached hydrogens (tertiary/aromatic N) is 1. The molecule has 1 aromatic heterocycles. The minimum atomic E-state index is 0.595. The molecule has 0 radical (unpaired) electrons. The van der Waals surface area contributed by atoms with E-state index in [1.54, 1.807) is 12.3 Å². The molecule has 0 saturated carbocycles. The predicted molar refractivity (Wildman–Crippen MR) is 53.6 cm³/mol. The van der Waals surface area contributed by atoms with Crippen LogP contribution in [0.5, 0.6) is 10.9 Å². The van der Waals surface area contributed by atoms with Gasteiger partial charge in [-0.05, 0) is 12.1 Å². The smallest absolute Gasteiger partial charge is 0.278 e. The molecule has 0 amide bonds. The summed E-state index contributed by atoms with van der Waals surface area (Å²) in [6.07, 6.45) is 1.69. The third kappa shape index (κ3) is 1.99. The van der Waals surface area contributed by atoms with Crippen LogP contribution < -0.4 is 4.74 Å². The molecular formula is C9H6ClNOS. The molecule has 13 heavy (non-hydrogen) atoms. The van der Waals surface area contributed by atoms with E-state index in [2.05, 4.69) is 4.98 Å². The average Bonchev–Trinajstić information content (AvgIpc) is 2.61. The largest absolute Gasteiger partial charge is 0.429 e. The molecule has 0 aliphatic carbocycles. The summed E-state index contributed by atoms with van der Waals surface area (Å²) < 4.78 is 5.42. The van der Waals surface area contributed by atoms with Crippen molar-refractivity contribution in [3.05, 3.63) is 40.9 Å². The molecule has 0 bridgehead atoms. The Morgan fingerprint density at radius 3 is 2.85 bits per heavy atom. The number of aromatic nitrogens is 1. The van der Waals surface area contributed by atoms with E-state index in [0.717, 1.165) is 0 Å². The third-order valence-corrected chi connectivity index (χ3v) is 2.40. The van der Waals surface area contributed by atoms with Gasteiger partial charge < -0.3 is 4.74 Å². The quantitative estimate of drug-likeness (QED) is 0.758. The van der Waals surface area contributed by atoms with Crippen LogP contribution in [0, 0.1) is 0 Å². The summed E-state index contributed by atoms with van der Waals surface area (Å²) >= 11 is 7.33. The normalized spacial score (nSPS) is 9.92. The molecule has 2 rings (SSSR count). The van der Waals surface area contributed by atoms with Crippen molar-refractivity contribution in [3.63, 3.8) is 0 Å². The highest BCUT2D eigenvalue weighted by Crippen LogP contribution is 2.29. The molecule has 0 unspecified atom stereocenters. The lowest BCUT2D eigenvalue weighted by Crippen LogP contribution is -1.82. The maximum atomic E-state index is 5.89. The minimum absolute atomic E-state index is 0.595. The number of benzene rings is 1. The molecule has 2 nitrogen and oxygen atoms in total. The van der Waals surface area contributed by atoms with Crippen LogP contribution in [0.15, 0.2) is 35.8 Å². The SMILES string of the molecule is Clc1ccccc1Oc1nccs1. The van der Waals surface area contributed by atoms with Crippen molar-refractivity contribution in [3.8, 4) is 10.9 Å². The second-order valence-electron chi connectivity index (χ2n) is 2.33. The minimum Gasteiger partial charge on any atom is -0.429 e. The Hall–Kier alpha value is -1.06. The third-order valence-electron chi connectivity index (χ3n) is 1.44. The fraction of sp³-hybridized carbons (Fsp3) is 0. The highest BCUT2D eigenvalue weighted by Gasteiger charge is 2.02. The van der Waals surface area contributed by atoms with Crippen LogP contribution in [0.1, 0.15) is 0 Å². The van der Waals surface area contributed by atoms with E-state index < -0.39 is 0 Å². The molecule has 0 aliphatic heterocycles. The first-order valence-electron chi connectivity index (χ1n) is 3.68. The molecule has 0 spiro atoms. The van der Waals surface area contributed by atoms with Crippen LogP contribution in [0.25, 0.3) is 0 Å². The van der Waals surface area contributed by atoms with Gasteiger partial charge in [-0.3, -0.25) is 0 Å². The zero-order chi connectivity index (χ0) is 9.10. The molecule has 0 N–H and O–H groups in total. The Morgan fingerprint density at radius 2 is 2.15 bits per heavy atom. The van der Waals surface area contributed by atoms with Crippen LogP contribution in [0.3, 0.4) is 0 Å². The molecule has 4 heteroatoms. The van der Waals surface area contributed by atoms with E-state index in [4.69, 9.17) is 16.3 Å². The van der Waals surface area contributed by atoms with E-state index in [1.165, 1.54) is 11.3 Å². The summed E-state index contributed by atoms with van der Waals surface area (Å²) in [5.41, 5.74) is 0. The first-order chi connectivity index (χ1) is 6.36. The van der Waals surface area contributed by atoms with Gasteiger partial charge in [0.2, 0.25) is 0 Å². The van der Waals surface area contributed by atoms with Crippen molar-refractivity contribution >= 4 is 22.9 Å². The molecule has 1 aromatic carbocycles. The van der Waals surface area contributed by atoms with Gasteiger partial charge in [0.1, 0.15) is 5.75 Å². The van der Waals surface area contributed by atoms with Crippen molar-refractivity contribution in [2.24, 2.45) is 0 Å². The highest BCUT2D eigenvalue weighted by molar-refractivity contribution is 7.11. The molecule has 1 heterocycles. The van der Waals surface area contributed by atoms with Crippen LogP contribution in [-0.2, 0) is 0 Å². The van der Waals surface area contributed by atoms with Crippen LogP contribution >= 0.6 is 22.9 Å². The first-order valence-corrected chi connectivity index (χ1v) is 4.94. The second-order valence-corrected chi connectivity index (χ2v) is 3.59. The van der Waals surface area contributed by atoms with Crippen molar-refractivity contribution in [2.45, 2.75) is 0 Å². The number of hydrogen-bond donors (Lipinski definition) is 0. The maximum Gasteiger partial charge on any atom is 0.278 e. The summed E-state index contributed by atoms with van der Waals surface area (Å²) in [7, 11) is 0. The number of thiazole rings is 1. The van der Waals surface area contributed by atoms with Crippen molar-refractivity contribution in [2.75, 3.05) is 0 Å². The van der Waals surface area contributed by atoms with Crippen molar-refractivity contribution < 1.29 is 4.74 Å². The van der Waals surface area contributed by atoms with Gasteiger partial charge in [-0.2, -0.15) is 0 Å². The van der Waals surface area contributed by atoms with Gasteiger partial charge in [0.05, 0.1) is 5.02 Å². The fourth-order valence-corrected chi connectivity index (χ4v) is 1.55. The summed E-state index contributed by atoms with van der Waals surface area (Å²) in [5.74, 6) is 0.638. The van der Waals surface area contributed by atoms with Crippen LogP contribution in [-0.4, -0.2) is 4.98 Å². The topological polar surface area (TPSA) is 22.1 Å². The van der Waals surface area contributed by atoms with Crippen LogP contribution in [0.2, 0.25) is 5.02 Å². The van der Waals surface area contributed by atoms with E-state index in [1.807, 2.05) is 23.6 Å². The van der Waals surface area contributed by atoms with Gasteiger partial charge >= 0.3 is 0 Å². The summed E-state index contributed by atoms with van der Waals surface area (Å²) in [6, 6.07) is 7.32. The van der Waals surface area contributed by atoms with E-state index in [9.17, 15) is 0 Å². The van der Waals surface area contributed by atoms with Gasteiger partial charge in [-0.25, -0.2) is 4.98 Å². The number of para-hydroxylation sites is 1. The summed E-state index contributed by atoms with van der Waals surface area (Å²) in [6.45, 7) is 0. The Bertz CT molecular complexity index is 388. The maximum absolute atomic E-state index is 5.89. The van der Waals surface area contributed by atoms with E-state index in [0.29, 0.717) is 16.0 Å². The molecule has 0 fully saturated rings. The number of ether oxygens (including phenoxy) is 1. The number of halogens is 1. The van der Waals surface area contributed by atoms with Gasteiger partial charge in [0.25, 0.3) is 5.19 Å². The standard InChI is InChI=1S/C9H6ClNOS/c10-7-3-1-2-4-8(7)12-9-11-5-6-13-9/h1-6H. The summed E-state index contributed by atoms with van der Waals surface area (Å²) in [4.78, 5) is 3.99. The lowest BCUT2D eigenvalue weighted by molar-refractivity contribution is 0.479. The fourth-order valence-electron chi connectivity index (χ4n) is 0.882. The Balaban J connectivity index is 2.24. The Kier molecular flexibility index (Phi) is 2.47. The van der Waals surface area contributed by atoms with Gasteiger partial charge in [-0.1, -0.05) is 35.1 Å². The van der Waals surface area contributed by atoms with Crippen molar-refractivity contribution in [1.29, 1.82) is 0 Å². The molecule has 66 valence electrons. The lowest BCUT2D eigenvalue weighted by atomic mass is 10.3. The molecule has 0 atom stereocenters. The molecule has 2 aromatic rings. The van der Waals surface area contributed by atoms with Gasteiger partial charge in [0, 0.05) is 11.6 Å². The predicted octanol–water partition coefficient (Wildman–Crippen LogP) is 3.59. The lowest BCUT2D eigenvalue weighted by Gasteiger charge is -2.02. The van der Waals surface area contributed by atoms with Crippen LogP contribution in [0.4, 0.5) is 0 Å². The molecule has 0 aliphatic rings. The van der Waals surface area contributed by atoms with E-state index >= 15 is 0 Å². The summed E-state index contributed by atoms with van der Waals surface area (Å²) in [5, 5.41) is 3.05. The highest BCUT2D eigenvalue weighted by atomic mass is 35.5. The zero-order valence-corrected chi connectivity index (χ0v) is 8.18. The molecule has 0 saturated heterocycles. The number of hydrogen-bond acceptors (Lipinski definition) is 3. The van der Waals surface area contributed by atoms with E-state index in [-0.39, 0.29) is 0 Å². The Labute approximate surface area is 84.8 Å². The average molecular weight is 212 g/mol. The monoisotopic (exact) mass is 211 g/mol. The second kappa shape index (κ2) is 3.77.